The normalized spacial score (nSPS) is 22.9. The van der Waals surface area contributed by atoms with Crippen LogP contribution in [0, 0.1) is 5.41 Å². The van der Waals surface area contributed by atoms with E-state index < -0.39 is 5.97 Å². The minimum absolute atomic E-state index is 0.0143. The number of carbonyl (C=O) groups excluding carboxylic acids is 1. The van der Waals surface area contributed by atoms with Crippen LogP contribution in [0.1, 0.15) is 28.8 Å². The lowest BCUT2D eigenvalue weighted by molar-refractivity contribution is -0.129. The summed E-state index contributed by atoms with van der Waals surface area (Å²) >= 11 is 1.24. The van der Waals surface area contributed by atoms with Gasteiger partial charge in [0.25, 0.3) is 0 Å². The molecule has 1 saturated heterocycles. The molecule has 98 valence electrons. The zero-order valence-electron chi connectivity index (χ0n) is 10.0. The van der Waals surface area contributed by atoms with Gasteiger partial charge < -0.3 is 15.7 Å². The Bertz CT molecular complexity index is 466. The van der Waals surface area contributed by atoms with Crippen molar-refractivity contribution in [2.75, 3.05) is 13.1 Å². The van der Waals surface area contributed by atoms with E-state index in [1.807, 2.05) is 6.92 Å². The van der Waals surface area contributed by atoms with E-state index in [4.69, 9.17) is 5.11 Å². The molecule has 3 N–H and O–H groups in total. The van der Waals surface area contributed by atoms with Gasteiger partial charge in [-0.05, 0) is 19.9 Å². The van der Waals surface area contributed by atoms with Gasteiger partial charge in [0, 0.05) is 11.9 Å². The average Bonchev–Trinajstić information content (AvgIpc) is 2.95. The number of hydrogen-bond acceptors (Lipinski definition) is 5. The Hall–Kier alpha value is -1.47. The van der Waals surface area contributed by atoms with Crippen molar-refractivity contribution in [1.82, 2.24) is 15.6 Å². The highest BCUT2D eigenvalue weighted by molar-refractivity contribution is 7.09. The molecule has 0 spiro atoms. The summed E-state index contributed by atoms with van der Waals surface area (Å²) < 4.78 is 0. The third-order valence-electron chi connectivity index (χ3n) is 3.09. The van der Waals surface area contributed by atoms with Crippen molar-refractivity contribution >= 4 is 23.2 Å². The topological polar surface area (TPSA) is 91.3 Å². The van der Waals surface area contributed by atoms with Gasteiger partial charge in [-0.2, -0.15) is 0 Å². The van der Waals surface area contributed by atoms with Crippen molar-refractivity contribution in [1.29, 1.82) is 0 Å². The quantitative estimate of drug-likeness (QED) is 0.738. The van der Waals surface area contributed by atoms with Gasteiger partial charge in [-0.15, -0.1) is 11.3 Å². The highest BCUT2D eigenvalue weighted by Gasteiger charge is 2.36. The number of amides is 1. The molecule has 7 heteroatoms. The van der Waals surface area contributed by atoms with Crippen LogP contribution in [0.4, 0.5) is 0 Å². The number of carboxylic acid groups (broad SMARTS) is 1. The summed E-state index contributed by atoms with van der Waals surface area (Å²) in [6, 6.07) is 0. The second-order valence-electron chi connectivity index (χ2n) is 4.60. The fraction of sp³-hybridized carbons (Fsp3) is 0.545. The third-order valence-corrected chi connectivity index (χ3v) is 3.94. The molecule has 1 aromatic heterocycles. The smallest absolute Gasteiger partial charge is 0.355 e. The molecule has 0 bridgehead atoms. The molecule has 18 heavy (non-hydrogen) atoms. The molecule has 2 rings (SSSR count). The summed E-state index contributed by atoms with van der Waals surface area (Å²) in [7, 11) is 0. The first-order chi connectivity index (χ1) is 8.51. The van der Waals surface area contributed by atoms with Crippen LogP contribution in [0.25, 0.3) is 0 Å². The highest BCUT2D eigenvalue weighted by Crippen LogP contribution is 2.24. The Morgan fingerprint density at radius 1 is 1.67 bits per heavy atom. The minimum Gasteiger partial charge on any atom is -0.476 e. The largest absolute Gasteiger partial charge is 0.476 e. The number of carbonyl (C=O) groups is 2. The van der Waals surface area contributed by atoms with Gasteiger partial charge in [-0.25, -0.2) is 9.78 Å². The van der Waals surface area contributed by atoms with E-state index in [0.29, 0.717) is 11.6 Å². The maximum Gasteiger partial charge on any atom is 0.355 e. The number of carboxylic acids is 1. The molecule has 2 heterocycles. The minimum atomic E-state index is -1.05. The van der Waals surface area contributed by atoms with E-state index in [1.54, 1.807) is 0 Å². The summed E-state index contributed by atoms with van der Waals surface area (Å²) in [5, 5.41) is 16.8. The highest BCUT2D eigenvalue weighted by atomic mass is 32.1. The predicted molar refractivity (Wildman–Crippen MR) is 66.5 cm³/mol. The van der Waals surface area contributed by atoms with Gasteiger partial charge in [0.05, 0.1) is 12.0 Å². The number of nitrogens with zero attached hydrogens (tertiary/aromatic N) is 1. The molecule has 0 aliphatic carbocycles. The number of thiazole rings is 1. The molecule has 1 aromatic rings. The maximum absolute atomic E-state index is 12.0. The van der Waals surface area contributed by atoms with Crippen LogP contribution in [-0.2, 0) is 11.3 Å². The van der Waals surface area contributed by atoms with Crippen molar-refractivity contribution < 1.29 is 14.7 Å². The van der Waals surface area contributed by atoms with Crippen LogP contribution >= 0.6 is 11.3 Å². The molecule has 1 atom stereocenters. The number of rotatable bonds is 4. The van der Waals surface area contributed by atoms with Gasteiger partial charge in [0.2, 0.25) is 5.91 Å². The molecule has 1 aliphatic rings. The van der Waals surface area contributed by atoms with Crippen LogP contribution in [0.2, 0.25) is 0 Å². The summed E-state index contributed by atoms with van der Waals surface area (Å²) in [6.45, 7) is 3.74. The number of hydrogen-bond donors (Lipinski definition) is 3. The van der Waals surface area contributed by atoms with Gasteiger partial charge in [0.15, 0.2) is 5.69 Å². The van der Waals surface area contributed by atoms with E-state index in [-0.39, 0.29) is 23.6 Å². The van der Waals surface area contributed by atoms with Gasteiger partial charge in [-0.1, -0.05) is 0 Å². The molecule has 1 amide bonds. The first kappa shape index (κ1) is 13.0. The second-order valence-corrected chi connectivity index (χ2v) is 5.54. The maximum atomic E-state index is 12.0. The molecular weight excluding hydrogens is 254 g/mol. The Morgan fingerprint density at radius 2 is 2.44 bits per heavy atom. The molecule has 0 radical (unpaired) electrons. The summed E-state index contributed by atoms with van der Waals surface area (Å²) in [5.74, 6) is -1.06. The van der Waals surface area contributed by atoms with Crippen molar-refractivity contribution in [3.05, 3.63) is 16.1 Å². The molecule has 0 aromatic carbocycles. The van der Waals surface area contributed by atoms with E-state index in [1.165, 1.54) is 16.7 Å². The molecular formula is C11H15N3O3S. The van der Waals surface area contributed by atoms with Gasteiger partial charge >= 0.3 is 5.97 Å². The van der Waals surface area contributed by atoms with E-state index >= 15 is 0 Å². The molecule has 1 aliphatic heterocycles. The Morgan fingerprint density at radius 3 is 3.00 bits per heavy atom. The summed E-state index contributed by atoms with van der Waals surface area (Å²) in [4.78, 5) is 26.6. The standard InChI is InChI=1S/C11H15N3O3S/c1-11(2-3-12-6-11)10(17)13-4-8-14-7(5-18-8)9(15)16/h5,12H,2-4,6H2,1H3,(H,13,17)(H,15,16). The van der Waals surface area contributed by atoms with Crippen molar-refractivity contribution in [2.45, 2.75) is 19.9 Å². The first-order valence-electron chi connectivity index (χ1n) is 5.68. The lowest BCUT2D eigenvalue weighted by Crippen LogP contribution is -2.40. The Balaban J connectivity index is 1.90. The SMILES string of the molecule is CC1(C(=O)NCc2nc(C(=O)O)cs2)CCNC1. The summed E-state index contributed by atoms with van der Waals surface area (Å²) in [5.41, 5.74) is -0.342. The fourth-order valence-corrected chi connectivity index (χ4v) is 2.58. The van der Waals surface area contributed by atoms with Crippen molar-refractivity contribution in [3.63, 3.8) is 0 Å². The molecule has 0 saturated carbocycles. The van der Waals surface area contributed by atoms with Crippen LogP contribution in [0.15, 0.2) is 5.38 Å². The first-order valence-corrected chi connectivity index (χ1v) is 6.56. The van der Waals surface area contributed by atoms with E-state index in [9.17, 15) is 9.59 Å². The van der Waals surface area contributed by atoms with E-state index in [2.05, 4.69) is 15.6 Å². The van der Waals surface area contributed by atoms with Crippen LogP contribution < -0.4 is 10.6 Å². The molecule has 6 nitrogen and oxygen atoms in total. The van der Waals surface area contributed by atoms with Crippen molar-refractivity contribution in [3.8, 4) is 0 Å². The second kappa shape index (κ2) is 5.03. The van der Waals surface area contributed by atoms with Crippen LogP contribution in [0.5, 0.6) is 0 Å². The lowest BCUT2D eigenvalue weighted by Gasteiger charge is -2.20. The third kappa shape index (κ3) is 2.68. The number of aromatic nitrogens is 1. The number of aromatic carboxylic acids is 1. The Labute approximate surface area is 108 Å². The van der Waals surface area contributed by atoms with Crippen LogP contribution in [0.3, 0.4) is 0 Å². The van der Waals surface area contributed by atoms with Gasteiger partial charge in [-0.3, -0.25) is 4.79 Å². The number of nitrogens with one attached hydrogen (secondary N) is 2. The molecule has 1 fully saturated rings. The predicted octanol–water partition coefficient (Wildman–Crippen LogP) is 0.457. The monoisotopic (exact) mass is 269 g/mol. The fourth-order valence-electron chi connectivity index (χ4n) is 1.87. The summed E-state index contributed by atoms with van der Waals surface area (Å²) in [6.07, 6.45) is 0.817. The van der Waals surface area contributed by atoms with Gasteiger partial charge in [0.1, 0.15) is 5.01 Å². The average molecular weight is 269 g/mol. The van der Waals surface area contributed by atoms with E-state index in [0.717, 1.165) is 13.0 Å². The Kier molecular flexibility index (Phi) is 3.63. The zero-order valence-corrected chi connectivity index (χ0v) is 10.8. The van der Waals surface area contributed by atoms with Crippen molar-refractivity contribution in [2.24, 2.45) is 5.41 Å². The molecule has 1 unspecified atom stereocenters. The van der Waals surface area contributed by atoms with Crippen LogP contribution in [-0.4, -0.2) is 35.1 Å². The zero-order chi connectivity index (χ0) is 13.2. The lowest BCUT2D eigenvalue weighted by atomic mass is 9.89.